The predicted octanol–water partition coefficient (Wildman–Crippen LogP) is 2.20. The zero-order chi connectivity index (χ0) is 14.0. The summed E-state index contributed by atoms with van der Waals surface area (Å²) in [5, 5.41) is 11.9. The molecule has 1 atom stereocenters. The van der Waals surface area contributed by atoms with E-state index < -0.39 is 0 Å². The fourth-order valence-corrected chi connectivity index (χ4v) is 2.39. The highest BCUT2D eigenvalue weighted by molar-refractivity contribution is 9.10. The van der Waals surface area contributed by atoms with Gasteiger partial charge in [0.05, 0.1) is 12.6 Å². The Balaban J connectivity index is 2.51. The van der Waals surface area contributed by atoms with Gasteiger partial charge in [0.25, 0.3) is 0 Å². The Morgan fingerprint density at radius 1 is 1.47 bits per heavy atom. The fourth-order valence-electron chi connectivity index (χ4n) is 1.91. The van der Waals surface area contributed by atoms with Gasteiger partial charge < -0.3 is 10.5 Å². The largest absolute Gasteiger partial charge is 0.398 e. The van der Waals surface area contributed by atoms with E-state index in [1.807, 2.05) is 26.0 Å². The predicted molar refractivity (Wildman–Crippen MR) is 76.7 cm³/mol. The SMILES string of the molecule is COCC(C)n1nnnc1-c1cc(Br)cc(N)c1C. The Hall–Kier alpha value is -1.47. The fraction of sp³-hybridized carbons (Fsp3) is 0.417. The summed E-state index contributed by atoms with van der Waals surface area (Å²) in [5.74, 6) is 0.690. The minimum atomic E-state index is 0.0506. The molecule has 1 unspecified atom stereocenters. The molecule has 19 heavy (non-hydrogen) atoms. The van der Waals surface area contributed by atoms with Crippen molar-refractivity contribution < 1.29 is 4.74 Å². The molecule has 0 saturated carbocycles. The van der Waals surface area contributed by atoms with E-state index in [2.05, 4.69) is 31.5 Å². The Bertz CT molecular complexity index is 583. The molecule has 1 aromatic heterocycles. The average molecular weight is 326 g/mol. The number of nitrogens with two attached hydrogens (primary N) is 1. The number of hydrogen-bond acceptors (Lipinski definition) is 5. The Morgan fingerprint density at radius 3 is 2.89 bits per heavy atom. The van der Waals surface area contributed by atoms with Gasteiger partial charge in [0, 0.05) is 22.8 Å². The lowest BCUT2D eigenvalue weighted by Crippen LogP contribution is -2.14. The Kier molecular flexibility index (Phi) is 4.16. The van der Waals surface area contributed by atoms with Crippen LogP contribution >= 0.6 is 15.9 Å². The lowest BCUT2D eigenvalue weighted by molar-refractivity contribution is 0.156. The van der Waals surface area contributed by atoms with E-state index in [-0.39, 0.29) is 6.04 Å². The van der Waals surface area contributed by atoms with Crippen molar-refractivity contribution in [1.29, 1.82) is 0 Å². The highest BCUT2D eigenvalue weighted by Crippen LogP contribution is 2.30. The molecule has 0 aliphatic carbocycles. The van der Waals surface area contributed by atoms with Gasteiger partial charge in [-0.3, -0.25) is 0 Å². The van der Waals surface area contributed by atoms with E-state index in [1.54, 1.807) is 11.8 Å². The van der Waals surface area contributed by atoms with Gasteiger partial charge in [-0.15, -0.1) is 5.10 Å². The minimum absolute atomic E-state index is 0.0506. The molecule has 0 aliphatic heterocycles. The number of ether oxygens (including phenoxy) is 1. The Morgan fingerprint density at radius 2 is 2.21 bits per heavy atom. The van der Waals surface area contributed by atoms with Crippen molar-refractivity contribution in [2.24, 2.45) is 0 Å². The third-order valence-corrected chi connectivity index (χ3v) is 3.43. The first-order chi connectivity index (χ1) is 9.04. The number of halogens is 1. The van der Waals surface area contributed by atoms with Crippen molar-refractivity contribution in [3.05, 3.63) is 22.2 Å². The lowest BCUT2D eigenvalue weighted by Gasteiger charge is -2.14. The Labute approximate surface area is 120 Å². The first-order valence-corrected chi connectivity index (χ1v) is 6.66. The van der Waals surface area contributed by atoms with Crippen LogP contribution < -0.4 is 5.73 Å². The summed E-state index contributed by atoms with van der Waals surface area (Å²) in [6, 6.07) is 3.88. The second-order valence-corrected chi connectivity index (χ2v) is 5.33. The molecule has 0 spiro atoms. The summed E-state index contributed by atoms with van der Waals surface area (Å²) in [7, 11) is 1.66. The smallest absolute Gasteiger partial charge is 0.182 e. The van der Waals surface area contributed by atoms with Gasteiger partial charge >= 0.3 is 0 Å². The maximum atomic E-state index is 5.98. The third-order valence-electron chi connectivity index (χ3n) is 2.97. The number of hydrogen-bond donors (Lipinski definition) is 1. The van der Waals surface area contributed by atoms with Crippen LogP contribution in [-0.4, -0.2) is 33.9 Å². The monoisotopic (exact) mass is 325 g/mol. The van der Waals surface area contributed by atoms with E-state index in [0.717, 1.165) is 15.6 Å². The van der Waals surface area contributed by atoms with Gasteiger partial charge in [0.15, 0.2) is 5.82 Å². The number of nitrogen functional groups attached to an aromatic ring is 1. The standard InChI is InChI=1S/C12H16BrN5O/c1-7(6-19-3)18-12(15-16-17-18)10-4-9(13)5-11(14)8(10)2/h4-5,7H,6,14H2,1-3H3. The third kappa shape index (κ3) is 2.76. The minimum Gasteiger partial charge on any atom is -0.398 e. The lowest BCUT2D eigenvalue weighted by atomic mass is 10.1. The molecule has 0 aliphatic rings. The highest BCUT2D eigenvalue weighted by atomic mass is 79.9. The zero-order valence-electron chi connectivity index (χ0n) is 11.1. The summed E-state index contributed by atoms with van der Waals surface area (Å²) in [6.45, 7) is 4.50. The molecule has 0 fully saturated rings. The van der Waals surface area contributed by atoms with Crippen molar-refractivity contribution in [3.63, 3.8) is 0 Å². The van der Waals surface area contributed by atoms with Crippen LogP contribution in [0.5, 0.6) is 0 Å². The molecule has 0 saturated heterocycles. The van der Waals surface area contributed by atoms with Gasteiger partial charge in [0.2, 0.25) is 0 Å². The molecule has 2 N–H and O–H groups in total. The average Bonchev–Trinajstić information content (AvgIpc) is 2.83. The van der Waals surface area contributed by atoms with Crippen molar-refractivity contribution in [2.45, 2.75) is 19.9 Å². The van der Waals surface area contributed by atoms with Crippen LogP contribution in [0, 0.1) is 6.92 Å². The summed E-state index contributed by atoms with van der Waals surface area (Å²) in [6.07, 6.45) is 0. The number of aromatic nitrogens is 4. The molecule has 102 valence electrons. The van der Waals surface area contributed by atoms with Crippen LogP contribution in [0.15, 0.2) is 16.6 Å². The van der Waals surface area contributed by atoms with Crippen molar-refractivity contribution >= 4 is 21.6 Å². The van der Waals surface area contributed by atoms with E-state index in [0.29, 0.717) is 18.1 Å². The van der Waals surface area contributed by atoms with Gasteiger partial charge in [-0.25, -0.2) is 4.68 Å². The second kappa shape index (κ2) is 5.66. The molecule has 6 nitrogen and oxygen atoms in total. The molecule has 1 heterocycles. The summed E-state index contributed by atoms with van der Waals surface area (Å²) in [4.78, 5) is 0. The van der Waals surface area contributed by atoms with Crippen molar-refractivity contribution in [3.8, 4) is 11.4 Å². The van der Waals surface area contributed by atoms with E-state index in [1.165, 1.54) is 0 Å². The first-order valence-electron chi connectivity index (χ1n) is 5.87. The number of anilines is 1. The zero-order valence-corrected chi connectivity index (χ0v) is 12.7. The topological polar surface area (TPSA) is 78.8 Å². The molecule has 1 aromatic carbocycles. The number of nitrogens with zero attached hydrogens (tertiary/aromatic N) is 4. The maximum Gasteiger partial charge on any atom is 0.182 e. The molecule has 7 heteroatoms. The summed E-state index contributed by atoms with van der Waals surface area (Å²) >= 11 is 3.44. The number of tetrazole rings is 1. The van der Waals surface area contributed by atoms with Gasteiger partial charge in [0.1, 0.15) is 0 Å². The van der Waals surface area contributed by atoms with E-state index >= 15 is 0 Å². The molecule has 0 radical (unpaired) electrons. The number of benzene rings is 1. The van der Waals surface area contributed by atoms with Gasteiger partial charge in [-0.1, -0.05) is 15.9 Å². The molecule has 0 bridgehead atoms. The van der Waals surface area contributed by atoms with Crippen molar-refractivity contribution in [1.82, 2.24) is 20.2 Å². The molecular weight excluding hydrogens is 310 g/mol. The molecular formula is C12H16BrN5O. The first kappa shape index (κ1) is 14.0. The van der Waals surface area contributed by atoms with Crippen LogP contribution in [-0.2, 0) is 4.74 Å². The maximum absolute atomic E-state index is 5.98. The van der Waals surface area contributed by atoms with Crippen LogP contribution in [0.2, 0.25) is 0 Å². The quantitative estimate of drug-likeness (QED) is 0.872. The number of methoxy groups -OCH3 is 1. The highest BCUT2D eigenvalue weighted by Gasteiger charge is 2.17. The second-order valence-electron chi connectivity index (χ2n) is 4.42. The van der Waals surface area contributed by atoms with Crippen LogP contribution in [0.3, 0.4) is 0 Å². The summed E-state index contributed by atoms with van der Waals surface area (Å²) in [5.41, 5.74) is 8.57. The van der Waals surface area contributed by atoms with Gasteiger partial charge in [-0.05, 0) is 42.0 Å². The van der Waals surface area contributed by atoms with E-state index in [4.69, 9.17) is 10.5 Å². The molecule has 2 rings (SSSR count). The molecule has 2 aromatic rings. The van der Waals surface area contributed by atoms with Gasteiger partial charge in [-0.2, -0.15) is 0 Å². The van der Waals surface area contributed by atoms with Crippen LogP contribution in [0.1, 0.15) is 18.5 Å². The number of rotatable bonds is 4. The van der Waals surface area contributed by atoms with Crippen molar-refractivity contribution in [2.75, 3.05) is 19.5 Å². The van der Waals surface area contributed by atoms with E-state index in [9.17, 15) is 0 Å². The normalized spacial score (nSPS) is 12.6. The summed E-state index contributed by atoms with van der Waals surface area (Å²) < 4.78 is 7.80. The molecule has 0 amide bonds. The van der Waals surface area contributed by atoms with Crippen LogP contribution in [0.4, 0.5) is 5.69 Å². The van der Waals surface area contributed by atoms with Crippen LogP contribution in [0.25, 0.3) is 11.4 Å².